The molecule has 1 aliphatic heterocycles. The zero-order valence-corrected chi connectivity index (χ0v) is 18.2. The van der Waals surface area contributed by atoms with Crippen molar-refractivity contribution in [2.24, 2.45) is 0 Å². The molecule has 1 N–H and O–H groups in total. The lowest BCUT2D eigenvalue weighted by molar-refractivity contribution is -0.132. The first-order chi connectivity index (χ1) is 15.1. The zero-order chi connectivity index (χ0) is 23.2. The van der Waals surface area contributed by atoms with Gasteiger partial charge in [0.05, 0.1) is 11.6 Å². The van der Waals surface area contributed by atoms with Crippen molar-refractivity contribution in [1.29, 1.82) is 0 Å². The van der Waals surface area contributed by atoms with Gasteiger partial charge in [-0.05, 0) is 47.7 Å². The maximum atomic E-state index is 13.4. The number of hydrogen-bond donors (Lipinski definition) is 1. The van der Waals surface area contributed by atoms with E-state index >= 15 is 0 Å². The average Bonchev–Trinajstić information content (AvgIpc) is 3.28. The molecule has 0 radical (unpaired) electrons. The Labute approximate surface area is 185 Å². The number of rotatable bonds is 3. The lowest BCUT2D eigenvalue weighted by Crippen LogP contribution is -2.29. The Balaban J connectivity index is 1.91. The van der Waals surface area contributed by atoms with Crippen LogP contribution >= 0.6 is 0 Å². The maximum Gasteiger partial charge on any atom is 0.301 e. The van der Waals surface area contributed by atoms with E-state index in [-0.39, 0.29) is 28.1 Å². The molecule has 164 valence electrons. The summed E-state index contributed by atoms with van der Waals surface area (Å²) >= 11 is 0. The van der Waals surface area contributed by atoms with Gasteiger partial charge in [-0.15, -0.1) is 0 Å². The fourth-order valence-electron chi connectivity index (χ4n) is 3.78. The molecule has 2 heterocycles. The monoisotopic (exact) mass is 434 g/mol. The summed E-state index contributed by atoms with van der Waals surface area (Å²) < 4.78 is 18.5. The van der Waals surface area contributed by atoms with Crippen LogP contribution in [0.25, 0.3) is 5.76 Å². The Kier molecular flexibility index (Phi) is 5.20. The van der Waals surface area contributed by atoms with Crippen molar-refractivity contribution < 1.29 is 23.6 Å². The van der Waals surface area contributed by atoms with Crippen LogP contribution in [-0.4, -0.2) is 22.0 Å². The van der Waals surface area contributed by atoms with Crippen molar-refractivity contribution in [3.8, 4) is 0 Å². The molecule has 1 aromatic heterocycles. The predicted molar refractivity (Wildman–Crippen MR) is 118 cm³/mol. The first-order valence-corrected chi connectivity index (χ1v) is 10.2. The second-order valence-corrected chi connectivity index (χ2v) is 8.84. The van der Waals surface area contributed by atoms with E-state index in [1.54, 1.807) is 13.0 Å². The van der Waals surface area contributed by atoms with Crippen molar-refractivity contribution in [3.63, 3.8) is 0 Å². The van der Waals surface area contributed by atoms with E-state index in [0.717, 1.165) is 5.56 Å². The maximum absolute atomic E-state index is 13.4. The van der Waals surface area contributed by atoms with Gasteiger partial charge in [0.15, 0.2) is 5.82 Å². The molecule has 1 atom stereocenters. The lowest BCUT2D eigenvalue weighted by Gasteiger charge is -2.24. The molecule has 1 unspecified atom stereocenters. The Morgan fingerprint density at radius 1 is 1.06 bits per heavy atom. The predicted octanol–water partition coefficient (Wildman–Crippen LogP) is 5.05. The van der Waals surface area contributed by atoms with Crippen molar-refractivity contribution in [3.05, 3.63) is 88.4 Å². The van der Waals surface area contributed by atoms with Gasteiger partial charge >= 0.3 is 5.91 Å². The number of aliphatic hydroxyl groups is 1. The van der Waals surface area contributed by atoms with Gasteiger partial charge < -0.3 is 9.63 Å². The number of aryl methyl sites for hydroxylation is 1. The molecule has 4 rings (SSSR count). The molecule has 2 aromatic carbocycles. The summed E-state index contributed by atoms with van der Waals surface area (Å²) in [6.45, 7) is 7.93. The van der Waals surface area contributed by atoms with Gasteiger partial charge in [0.25, 0.3) is 5.78 Å². The standard InChI is InChI=1S/C25H23FN2O4/c1-14-13-19(27-32-14)28-21(15-5-9-17(10-6-15)25(2,3)4)20(23(30)24(28)31)22(29)16-7-11-18(26)12-8-16/h5-13,21,29H,1-4H3. The van der Waals surface area contributed by atoms with Gasteiger partial charge in [0.2, 0.25) is 0 Å². The first-order valence-electron chi connectivity index (χ1n) is 10.2. The smallest absolute Gasteiger partial charge is 0.301 e. The number of ketones is 1. The number of amides is 1. The molecule has 1 fully saturated rings. The van der Waals surface area contributed by atoms with Crippen molar-refractivity contribution in [2.45, 2.75) is 39.2 Å². The number of aromatic nitrogens is 1. The molecule has 0 aliphatic carbocycles. The summed E-state index contributed by atoms with van der Waals surface area (Å²) in [4.78, 5) is 27.3. The summed E-state index contributed by atoms with van der Waals surface area (Å²) in [5, 5.41) is 14.9. The molecule has 0 spiro atoms. The van der Waals surface area contributed by atoms with Crippen LogP contribution in [0.5, 0.6) is 0 Å². The molecule has 0 bridgehead atoms. The summed E-state index contributed by atoms with van der Waals surface area (Å²) in [6.07, 6.45) is 0. The lowest BCUT2D eigenvalue weighted by atomic mass is 9.85. The highest BCUT2D eigenvalue weighted by Crippen LogP contribution is 2.42. The van der Waals surface area contributed by atoms with Crippen LogP contribution in [-0.2, 0) is 15.0 Å². The minimum Gasteiger partial charge on any atom is -0.507 e. The number of Topliss-reactive ketones (excluding diaryl/α,β-unsaturated/α-hetero) is 1. The van der Waals surface area contributed by atoms with Crippen LogP contribution in [0.15, 0.2) is 64.7 Å². The molecule has 7 heteroatoms. The number of hydrogen-bond acceptors (Lipinski definition) is 5. The molecular weight excluding hydrogens is 411 g/mol. The van der Waals surface area contributed by atoms with Gasteiger partial charge in [0.1, 0.15) is 17.3 Å². The van der Waals surface area contributed by atoms with Crippen LogP contribution in [0.4, 0.5) is 10.2 Å². The van der Waals surface area contributed by atoms with Crippen LogP contribution in [0.1, 0.15) is 49.3 Å². The summed E-state index contributed by atoms with van der Waals surface area (Å²) in [7, 11) is 0. The van der Waals surface area contributed by atoms with E-state index in [1.165, 1.54) is 29.2 Å². The third-order valence-corrected chi connectivity index (χ3v) is 5.52. The molecule has 3 aromatic rings. The molecule has 1 saturated heterocycles. The van der Waals surface area contributed by atoms with Gasteiger partial charge in [-0.1, -0.05) is 50.2 Å². The third kappa shape index (κ3) is 3.70. The SMILES string of the molecule is Cc1cc(N2C(=O)C(=O)C(=C(O)c3ccc(F)cc3)C2c2ccc(C(C)(C)C)cc2)no1. The number of carbonyl (C=O) groups is 2. The quantitative estimate of drug-likeness (QED) is 0.354. The molecule has 0 saturated carbocycles. The van der Waals surface area contributed by atoms with E-state index in [1.807, 2.05) is 24.3 Å². The fourth-order valence-corrected chi connectivity index (χ4v) is 3.78. The van der Waals surface area contributed by atoms with Crippen molar-refractivity contribution >= 4 is 23.3 Å². The number of benzene rings is 2. The fraction of sp³-hybridized carbons (Fsp3) is 0.240. The van der Waals surface area contributed by atoms with E-state index in [9.17, 15) is 19.1 Å². The minimum absolute atomic E-state index is 0.0856. The van der Waals surface area contributed by atoms with Crippen LogP contribution in [0.2, 0.25) is 0 Å². The molecule has 6 nitrogen and oxygen atoms in total. The van der Waals surface area contributed by atoms with E-state index in [0.29, 0.717) is 11.3 Å². The van der Waals surface area contributed by atoms with Gasteiger partial charge in [-0.25, -0.2) is 4.39 Å². The van der Waals surface area contributed by atoms with Crippen LogP contribution < -0.4 is 4.90 Å². The van der Waals surface area contributed by atoms with Gasteiger partial charge in [0, 0.05) is 11.6 Å². The summed E-state index contributed by atoms with van der Waals surface area (Å²) in [5.74, 6) is -1.88. The number of nitrogens with zero attached hydrogens (tertiary/aromatic N) is 2. The summed E-state index contributed by atoms with van der Waals surface area (Å²) in [5.41, 5.74) is 1.76. The van der Waals surface area contributed by atoms with Crippen molar-refractivity contribution in [2.75, 3.05) is 4.90 Å². The number of anilines is 1. The third-order valence-electron chi connectivity index (χ3n) is 5.52. The Bertz CT molecular complexity index is 1220. The van der Waals surface area contributed by atoms with Crippen LogP contribution in [0.3, 0.4) is 0 Å². The average molecular weight is 434 g/mol. The van der Waals surface area contributed by atoms with Gasteiger partial charge in [-0.3, -0.25) is 14.5 Å². The van der Waals surface area contributed by atoms with Crippen LogP contribution in [0, 0.1) is 12.7 Å². The second-order valence-electron chi connectivity index (χ2n) is 8.84. The van der Waals surface area contributed by atoms with Crippen molar-refractivity contribution in [1.82, 2.24) is 5.16 Å². The summed E-state index contributed by atoms with van der Waals surface area (Å²) in [6, 6.07) is 13.2. The first kappa shape index (κ1) is 21.5. The number of halogens is 1. The Morgan fingerprint density at radius 2 is 1.69 bits per heavy atom. The minimum atomic E-state index is -0.918. The van der Waals surface area contributed by atoms with Gasteiger partial charge in [-0.2, -0.15) is 0 Å². The van der Waals surface area contributed by atoms with E-state index in [4.69, 9.17) is 4.52 Å². The highest BCUT2D eigenvalue weighted by molar-refractivity contribution is 6.51. The Hall–Kier alpha value is -3.74. The van der Waals surface area contributed by atoms with E-state index < -0.39 is 23.5 Å². The molecular formula is C25H23FN2O4. The molecule has 1 aliphatic rings. The van der Waals surface area contributed by atoms with E-state index in [2.05, 4.69) is 25.9 Å². The highest BCUT2D eigenvalue weighted by Gasteiger charge is 2.48. The number of aliphatic hydroxyl groups excluding tert-OH is 1. The molecule has 32 heavy (non-hydrogen) atoms. The second kappa shape index (κ2) is 7.75. The normalized spacial score (nSPS) is 18.4. The zero-order valence-electron chi connectivity index (χ0n) is 18.2. The topological polar surface area (TPSA) is 83.6 Å². The molecule has 1 amide bonds. The number of carbonyl (C=O) groups excluding carboxylic acids is 2. The highest BCUT2D eigenvalue weighted by atomic mass is 19.1. The Morgan fingerprint density at radius 3 is 2.22 bits per heavy atom. The largest absolute Gasteiger partial charge is 0.507 e.